The molecule has 1 aliphatic heterocycles. The maximum atomic E-state index is 13.4. The predicted molar refractivity (Wildman–Crippen MR) is 109 cm³/mol. The van der Waals surface area contributed by atoms with E-state index in [4.69, 9.17) is 14.2 Å². The molecule has 0 amide bonds. The largest absolute Gasteiger partial charge is 0.497 e. The lowest BCUT2D eigenvalue weighted by Gasteiger charge is -2.34. The van der Waals surface area contributed by atoms with Crippen molar-refractivity contribution < 1.29 is 24.1 Å². The Labute approximate surface area is 168 Å². The minimum atomic E-state index is -1.91. The lowest BCUT2D eigenvalue weighted by molar-refractivity contribution is 0.0378. The second-order valence-electron chi connectivity index (χ2n) is 6.65. The van der Waals surface area contributed by atoms with E-state index in [1.807, 2.05) is 0 Å². The molecule has 3 aromatic carbocycles. The van der Waals surface area contributed by atoms with Gasteiger partial charge in [-0.25, -0.2) is 0 Å². The van der Waals surface area contributed by atoms with Crippen molar-refractivity contribution in [2.75, 3.05) is 26.2 Å². The zero-order chi connectivity index (χ0) is 20.6. The maximum absolute atomic E-state index is 13.4. The van der Waals surface area contributed by atoms with Gasteiger partial charge in [0.2, 0.25) is 11.5 Å². The van der Waals surface area contributed by atoms with Crippen LogP contribution in [0.15, 0.2) is 66.7 Å². The number of hydrogen-bond acceptors (Lipinski definition) is 6. The quantitative estimate of drug-likeness (QED) is 0.712. The topological polar surface area (TPSA) is 68.2 Å². The molecule has 0 bridgehead atoms. The van der Waals surface area contributed by atoms with Gasteiger partial charge in [-0.05, 0) is 48.5 Å². The average Bonchev–Trinajstić information content (AvgIpc) is 3.01. The van der Waals surface area contributed by atoms with Gasteiger partial charge in [0.15, 0.2) is 0 Å². The Bertz CT molecular complexity index is 1050. The smallest absolute Gasteiger partial charge is 0.234 e. The fourth-order valence-electron chi connectivity index (χ4n) is 3.62. The second kappa shape index (κ2) is 7.14. The first-order valence-corrected chi connectivity index (χ1v) is 9.07. The highest BCUT2D eigenvalue weighted by atomic mass is 16.5. The van der Waals surface area contributed by atoms with Crippen molar-refractivity contribution in [2.45, 2.75) is 5.72 Å². The predicted octanol–water partition coefficient (Wildman–Crippen LogP) is 3.89. The Balaban J connectivity index is 1.92. The van der Waals surface area contributed by atoms with Crippen molar-refractivity contribution in [3.05, 3.63) is 77.9 Å². The van der Waals surface area contributed by atoms with Crippen LogP contribution < -0.4 is 19.1 Å². The summed E-state index contributed by atoms with van der Waals surface area (Å²) in [4.78, 5) is 15.0. The fraction of sp³-hybridized carbons (Fsp3) is 0.174. The summed E-state index contributed by atoms with van der Waals surface area (Å²) in [7, 11) is 4.71. The molecule has 0 spiro atoms. The molecule has 148 valence electrons. The summed E-state index contributed by atoms with van der Waals surface area (Å²) in [6.45, 7) is 0. The average molecular weight is 391 g/mol. The number of methoxy groups -OCH3 is 3. The third-order valence-electron chi connectivity index (χ3n) is 5.15. The SMILES string of the molecule is COc1ccc(N2c3cc(OC)ccc3C(=O)C2(O)c2ccc(OC)cc2)cc1. The molecular formula is C23H21NO5. The molecule has 3 aromatic rings. The van der Waals surface area contributed by atoms with Crippen molar-refractivity contribution >= 4 is 17.2 Å². The van der Waals surface area contributed by atoms with Crippen LogP contribution in [-0.4, -0.2) is 32.2 Å². The number of benzene rings is 3. The molecule has 1 heterocycles. The van der Waals surface area contributed by atoms with Gasteiger partial charge >= 0.3 is 0 Å². The highest BCUT2D eigenvalue weighted by molar-refractivity contribution is 6.15. The van der Waals surface area contributed by atoms with Gasteiger partial charge in [-0.15, -0.1) is 0 Å². The monoisotopic (exact) mass is 391 g/mol. The first-order chi connectivity index (χ1) is 14.0. The van der Waals surface area contributed by atoms with Crippen LogP contribution >= 0.6 is 0 Å². The number of fused-ring (bicyclic) bond motifs is 1. The van der Waals surface area contributed by atoms with E-state index in [0.29, 0.717) is 39.8 Å². The van der Waals surface area contributed by atoms with Crippen molar-refractivity contribution in [3.63, 3.8) is 0 Å². The van der Waals surface area contributed by atoms with Gasteiger partial charge in [-0.3, -0.25) is 4.79 Å². The molecule has 0 aromatic heterocycles. The number of Topliss-reactive ketones (excluding diaryl/α,β-unsaturated/α-hetero) is 1. The molecule has 1 atom stereocenters. The van der Waals surface area contributed by atoms with E-state index < -0.39 is 11.5 Å². The molecule has 0 saturated carbocycles. The third kappa shape index (κ3) is 2.89. The number of hydrogen-bond donors (Lipinski definition) is 1. The molecule has 1 N–H and O–H groups in total. The molecular weight excluding hydrogens is 370 g/mol. The van der Waals surface area contributed by atoms with Gasteiger partial charge in [0.25, 0.3) is 0 Å². The summed E-state index contributed by atoms with van der Waals surface area (Å²) < 4.78 is 15.8. The van der Waals surface area contributed by atoms with Crippen LogP contribution in [0, 0.1) is 0 Å². The van der Waals surface area contributed by atoms with Crippen LogP contribution in [0.1, 0.15) is 15.9 Å². The lowest BCUT2D eigenvalue weighted by Crippen LogP contribution is -2.45. The van der Waals surface area contributed by atoms with E-state index >= 15 is 0 Å². The Hall–Kier alpha value is -3.51. The summed E-state index contributed by atoms with van der Waals surface area (Å²) in [5.41, 5.74) is 0.159. The lowest BCUT2D eigenvalue weighted by atomic mass is 9.96. The fourth-order valence-corrected chi connectivity index (χ4v) is 3.62. The van der Waals surface area contributed by atoms with Crippen LogP contribution in [0.2, 0.25) is 0 Å². The Morgan fingerprint density at radius 1 is 0.759 bits per heavy atom. The van der Waals surface area contributed by atoms with Gasteiger partial charge in [-0.2, -0.15) is 0 Å². The zero-order valence-corrected chi connectivity index (χ0v) is 16.4. The Kier molecular flexibility index (Phi) is 4.64. The number of anilines is 2. The highest BCUT2D eigenvalue weighted by Crippen LogP contribution is 2.49. The Morgan fingerprint density at radius 2 is 1.28 bits per heavy atom. The summed E-state index contributed by atoms with van der Waals surface area (Å²) in [5.74, 6) is 1.50. The first kappa shape index (κ1) is 18.8. The molecule has 0 fully saturated rings. The van der Waals surface area contributed by atoms with E-state index in [1.54, 1.807) is 93.0 Å². The standard InChI is InChI=1S/C23H21NO5/c1-27-17-8-4-15(5-9-17)23(26)22(25)20-13-12-19(29-3)14-21(20)24(23)16-6-10-18(28-2)11-7-16/h4-14,26H,1-3H3. The molecule has 0 saturated heterocycles. The van der Waals surface area contributed by atoms with Crippen molar-refractivity contribution in [2.24, 2.45) is 0 Å². The van der Waals surface area contributed by atoms with Gasteiger partial charge in [0.1, 0.15) is 17.2 Å². The molecule has 6 nitrogen and oxygen atoms in total. The highest BCUT2D eigenvalue weighted by Gasteiger charge is 2.52. The van der Waals surface area contributed by atoms with E-state index in [1.165, 1.54) is 0 Å². The number of ether oxygens (including phenoxy) is 3. The summed E-state index contributed by atoms with van der Waals surface area (Å²) in [5, 5.41) is 11.8. The summed E-state index contributed by atoms with van der Waals surface area (Å²) >= 11 is 0. The first-order valence-electron chi connectivity index (χ1n) is 9.07. The number of ketones is 1. The van der Waals surface area contributed by atoms with Crippen molar-refractivity contribution in [1.29, 1.82) is 0 Å². The van der Waals surface area contributed by atoms with E-state index in [0.717, 1.165) is 0 Å². The van der Waals surface area contributed by atoms with Crippen LogP contribution in [0.5, 0.6) is 17.2 Å². The number of nitrogens with zero attached hydrogens (tertiary/aromatic N) is 1. The normalized spacial score (nSPS) is 17.8. The minimum Gasteiger partial charge on any atom is -0.497 e. The van der Waals surface area contributed by atoms with Crippen LogP contribution in [0.25, 0.3) is 0 Å². The van der Waals surface area contributed by atoms with Gasteiger partial charge in [0, 0.05) is 22.9 Å². The summed E-state index contributed by atoms with van der Waals surface area (Å²) in [6.07, 6.45) is 0. The van der Waals surface area contributed by atoms with E-state index in [-0.39, 0.29) is 0 Å². The van der Waals surface area contributed by atoms with E-state index in [2.05, 4.69) is 0 Å². The molecule has 1 aliphatic rings. The van der Waals surface area contributed by atoms with Crippen molar-refractivity contribution in [1.82, 2.24) is 0 Å². The van der Waals surface area contributed by atoms with Crippen molar-refractivity contribution in [3.8, 4) is 17.2 Å². The molecule has 0 aliphatic carbocycles. The van der Waals surface area contributed by atoms with Gasteiger partial charge in [0.05, 0.1) is 27.0 Å². The van der Waals surface area contributed by atoms with Crippen LogP contribution in [-0.2, 0) is 5.72 Å². The molecule has 1 unspecified atom stereocenters. The van der Waals surface area contributed by atoms with Gasteiger partial charge in [-0.1, -0.05) is 12.1 Å². The van der Waals surface area contributed by atoms with Crippen LogP contribution in [0.3, 0.4) is 0 Å². The van der Waals surface area contributed by atoms with Crippen LogP contribution in [0.4, 0.5) is 11.4 Å². The summed E-state index contributed by atoms with van der Waals surface area (Å²) in [6, 6.07) is 19.1. The minimum absolute atomic E-state index is 0.406. The zero-order valence-electron chi connectivity index (χ0n) is 16.4. The third-order valence-corrected chi connectivity index (χ3v) is 5.15. The Morgan fingerprint density at radius 3 is 1.83 bits per heavy atom. The molecule has 0 radical (unpaired) electrons. The second-order valence-corrected chi connectivity index (χ2v) is 6.65. The van der Waals surface area contributed by atoms with Gasteiger partial charge < -0.3 is 24.2 Å². The molecule has 29 heavy (non-hydrogen) atoms. The maximum Gasteiger partial charge on any atom is 0.234 e. The molecule has 4 rings (SSSR count). The number of rotatable bonds is 5. The van der Waals surface area contributed by atoms with E-state index in [9.17, 15) is 9.90 Å². The number of carbonyl (C=O) groups is 1. The number of carbonyl (C=O) groups excluding carboxylic acids is 1. The number of aliphatic hydroxyl groups is 1. The molecule has 6 heteroatoms.